The van der Waals surface area contributed by atoms with Crippen molar-refractivity contribution in [2.24, 2.45) is 0 Å². The first-order chi connectivity index (χ1) is 11.5. The number of piperidine rings is 1. The first kappa shape index (κ1) is 14.8. The van der Waals surface area contributed by atoms with Crippen molar-refractivity contribution in [3.05, 3.63) is 65.4 Å². The van der Waals surface area contributed by atoms with Crippen molar-refractivity contribution in [2.45, 2.75) is 12.8 Å². The van der Waals surface area contributed by atoms with Crippen molar-refractivity contribution in [2.75, 3.05) is 19.6 Å². The van der Waals surface area contributed by atoms with Crippen molar-refractivity contribution in [3.63, 3.8) is 0 Å². The van der Waals surface area contributed by atoms with Gasteiger partial charge in [0.2, 0.25) is 0 Å². The molecule has 4 nitrogen and oxygen atoms in total. The summed E-state index contributed by atoms with van der Waals surface area (Å²) in [7, 11) is 0. The number of nitrogens with one attached hydrogen (secondary N) is 1. The average Bonchev–Trinajstić information content (AvgIpc) is 2.56. The van der Waals surface area contributed by atoms with Gasteiger partial charge in [-0.15, -0.1) is 24.0 Å². The molecule has 122 valence electrons. The van der Waals surface area contributed by atoms with Gasteiger partial charge in [0.1, 0.15) is 0 Å². The molecule has 1 aromatic carbocycles. The number of carbonyl (C=O) groups is 1. The second-order valence-electron chi connectivity index (χ2n) is 5.26. The van der Waals surface area contributed by atoms with Crippen LogP contribution in [0.4, 0.5) is 4.79 Å². The Morgan fingerprint density at radius 3 is 2.65 bits per heavy atom. The van der Waals surface area contributed by atoms with E-state index in [1.807, 2.05) is 42.6 Å². The van der Waals surface area contributed by atoms with Crippen LogP contribution >= 0.6 is 24.0 Å². The maximum absolute atomic E-state index is 11.3. The Morgan fingerprint density at radius 2 is 2.04 bits per heavy atom. The zero-order valence-corrected chi connectivity index (χ0v) is 15.0. The summed E-state index contributed by atoms with van der Waals surface area (Å²) in [5.74, 6) is 0. The highest BCUT2D eigenvalue weighted by Crippen LogP contribution is 2.33. The maximum Gasteiger partial charge on any atom is 0.407 e. The fourth-order valence-corrected chi connectivity index (χ4v) is 2.80. The largest absolute Gasteiger partial charge is 0.465 e. The molecule has 0 saturated carbocycles. The van der Waals surface area contributed by atoms with E-state index in [0.717, 1.165) is 33.7 Å². The predicted octanol–water partition coefficient (Wildman–Crippen LogP) is 3.88. The van der Waals surface area contributed by atoms with E-state index in [9.17, 15) is 9.90 Å². The maximum atomic E-state index is 11.3. The van der Waals surface area contributed by atoms with Gasteiger partial charge in [-0.3, -0.25) is 0 Å². The van der Waals surface area contributed by atoms with Crippen LogP contribution in [0.3, 0.4) is 0 Å². The molecule has 0 aliphatic carbocycles. The number of benzene rings is 1. The second-order valence-corrected chi connectivity index (χ2v) is 5.26. The number of dihydropyridines is 1. The van der Waals surface area contributed by atoms with Crippen molar-refractivity contribution < 1.29 is 12.6 Å². The van der Waals surface area contributed by atoms with Crippen LogP contribution in [0.15, 0.2) is 59.8 Å². The van der Waals surface area contributed by atoms with Gasteiger partial charge in [-0.1, -0.05) is 42.0 Å². The minimum absolute atomic E-state index is 0. The van der Waals surface area contributed by atoms with Gasteiger partial charge in [0.15, 0.2) is 0 Å². The summed E-state index contributed by atoms with van der Waals surface area (Å²) in [5.41, 5.74) is 4.06. The van der Waals surface area contributed by atoms with Gasteiger partial charge in [0.25, 0.3) is 0 Å². The van der Waals surface area contributed by atoms with E-state index in [1.165, 1.54) is 0 Å². The number of hydrogen-bond donors (Lipinski definition) is 2. The highest BCUT2D eigenvalue weighted by molar-refractivity contribution is 14.0. The van der Waals surface area contributed by atoms with Crippen molar-refractivity contribution >= 4 is 35.6 Å². The third kappa shape index (κ3) is 4.16. The smallest absolute Gasteiger partial charge is 0.407 e. The van der Waals surface area contributed by atoms with Gasteiger partial charge in [-0.05, 0) is 41.8 Å². The number of halogens is 1. The molecular weight excluding hydrogens is 403 g/mol. The second kappa shape index (κ2) is 8.19. The van der Waals surface area contributed by atoms with Gasteiger partial charge in [-0.25, -0.2) is 4.79 Å². The number of amides is 1. The Hall–Kier alpha value is -1.76. The monoisotopic (exact) mass is 426 g/mol. The zero-order chi connectivity index (χ0) is 17.2. The van der Waals surface area contributed by atoms with E-state index in [4.69, 9.17) is 2.74 Å². The minimum atomic E-state index is -1.89. The molecule has 2 N–H and O–H groups in total. The first-order valence-electron chi connectivity index (χ1n) is 8.37. The minimum Gasteiger partial charge on any atom is -0.465 e. The van der Waals surface area contributed by atoms with Gasteiger partial charge >= 0.3 is 6.09 Å². The topological polar surface area (TPSA) is 52.6 Å². The summed E-state index contributed by atoms with van der Waals surface area (Å²) in [6, 6.07) is 9.89. The summed E-state index contributed by atoms with van der Waals surface area (Å²) in [4.78, 5) is 12.2. The lowest BCUT2D eigenvalue weighted by molar-refractivity contribution is 0.142. The number of likely N-dealkylation sites (tertiary alicyclic amines) is 1. The van der Waals surface area contributed by atoms with E-state index in [2.05, 4.69) is 11.4 Å². The number of carboxylic acid groups (broad SMARTS) is 1. The van der Waals surface area contributed by atoms with Crippen LogP contribution in [-0.4, -0.2) is 35.7 Å². The van der Waals surface area contributed by atoms with Crippen LogP contribution in [-0.2, 0) is 0 Å². The molecule has 2 heterocycles. The lowest BCUT2D eigenvalue weighted by atomic mass is 9.87. The molecule has 1 saturated heterocycles. The molecule has 1 fully saturated rings. The van der Waals surface area contributed by atoms with E-state index in [-0.39, 0.29) is 36.9 Å². The van der Waals surface area contributed by atoms with Crippen LogP contribution in [0.25, 0.3) is 5.57 Å². The SMILES string of the molecule is I.[2H]C1([2H])CC(=C(C2=CCNC=C2)c2ccccc2)CCN1C(=O)O. The fraction of sp³-hybridized carbons (Fsp3) is 0.278. The van der Waals surface area contributed by atoms with E-state index in [1.54, 1.807) is 0 Å². The Kier molecular flexibility index (Phi) is 5.28. The van der Waals surface area contributed by atoms with Gasteiger partial charge in [0.05, 0.1) is 0 Å². The molecule has 0 spiro atoms. The van der Waals surface area contributed by atoms with Crippen LogP contribution in [0.1, 0.15) is 21.1 Å². The molecule has 2 aliphatic rings. The predicted molar refractivity (Wildman–Crippen MR) is 103 cm³/mol. The van der Waals surface area contributed by atoms with Gasteiger partial charge < -0.3 is 15.3 Å². The van der Waals surface area contributed by atoms with Crippen molar-refractivity contribution in [1.82, 2.24) is 10.2 Å². The third-order valence-corrected chi connectivity index (χ3v) is 3.88. The van der Waals surface area contributed by atoms with Gasteiger partial charge in [-0.2, -0.15) is 0 Å². The Balaban J connectivity index is 0.00000225. The Bertz CT molecular complexity index is 730. The van der Waals surface area contributed by atoms with E-state index in [0.29, 0.717) is 6.42 Å². The molecule has 5 heteroatoms. The number of hydrogen-bond acceptors (Lipinski definition) is 2. The lowest BCUT2D eigenvalue weighted by Gasteiger charge is -2.28. The standard InChI is InChI=1S/C18H20N2O2.HI/c21-18(22)20-12-8-16(9-13-20)17(14-4-2-1-3-5-14)15-6-10-19-11-7-15;/h1-7,10,19H,8-9,11-13H2,(H,21,22);1H/i12D2;. The Morgan fingerprint density at radius 1 is 1.26 bits per heavy atom. The molecule has 23 heavy (non-hydrogen) atoms. The zero-order valence-electron chi connectivity index (χ0n) is 14.7. The summed E-state index contributed by atoms with van der Waals surface area (Å²) in [6.45, 7) is -0.997. The van der Waals surface area contributed by atoms with Crippen LogP contribution < -0.4 is 5.32 Å². The molecule has 0 bridgehead atoms. The van der Waals surface area contributed by atoms with E-state index >= 15 is 0 Å². The molecular formula is C18H21IN2O2. The summed E-state index contributed by atoms with van der Waals surface area (Å²) in [5, 5.41) is 12.3. The summed E-state index contributed by atoms with van der Waals surface area (Å²) in [6.07, 6.45) is 5.37. The Labute approximate surface area is 156 Å². The van der Waals surface area contributed by atoms with E-state index < -0.39 is 12.6 Å². The number of allylic oxidation sites excluding steroid dienone is 3. The average molecular weight is 426 g/mol. The van der Waals surface area contributed by atoms with Crippen molar-refractivity contribution in [1.29, 1.82) is 0 Å². The number of rotatable bonds is 2. The molecule has 1 aromatic rings. The van der Waals surface area contributed by atoms with Crippen LogP contribution in [0.5, 0.6) is 0 Å². The molecule has 1 amide bonds. The highest BCUT2D eigenvalue weighted by Gasteiger charge is 2.22. The third-order valence-electron chi connectivity index (χ3n) is 3.88. The normalized spacial score (nSPS) is 22.8. The van der Waals surface area contributed by atoms with Crippen molar-refractivity contribution in [3.8, 4) is 0 Å². The van der Waals surface area contributed by atoms with Crippen LogP contribution in [0, 0.1) is 0 Å². The molecule has 2 aliphatic heterocycles. The summed E-state index contributed by atoms with van der Waals surface area (Å²) < 4.78 is 16.3. The summed E-state index contributed by atoms with van der Waals surface area (Å²) >= 11 is 0. The molecule has 0 aromatic heterocycles. The molecule has 3 rings (SSSR count). The number of nitrogens with zero attached hydrogens (tertiary/aromatic N) is 1. The molecule has 0 unspecified atom stereocenters. The highest BCUT2D eigenvalue weighted by atomic mass is 127. The first-order valence-corrected chi connectivity index (χ1v) is 7.37. The molecule has 0 radical (unpaired) electrons. The quantitative estimate of drug-likeness (QED) is 0.706. The van der Waals surface area contributed by atoms with Crippen LogP contribution in [0.2, 0.25) is 0 Å². The molecule has 0 atom stereocenters. The fourth-order valence-electron chi connectivity index (χ4n) is 2.80. The van der Waals surface area contributed by atoms with Gasteiger partial charge in [0, 0.05) is 22.3 Å². The lowest BCUT2D eigenvalue weighted by Crippen LogP contribution is -2.35.